The average molecular weight is 343 g/mol. The summed E-state index contributed by atoms with van der Waals surface area (Å²) in [6, 6.07) is 8.12. The van der Waals surface area contributed by atoms with Crippen LogP contribution in [0, 0.1) is 6.92 Å². The van der Waals surface area contributed by atoms with Gasteiger partial charge < -0.3 is 15.1 Å². The van der Waals surface area contributed by atoms with Gasteiger partial charge in [-0.2, -0.15) is 5.10 Å². The van der Waals surface area contributed by atoms with Crippen LogP contribution in [0.25, 0.3) is 5.69 Å². The van der Waals surface area contributed by atoms with Crippen LogP contribution in [0.15, 0.2) is 24.3 Å². The molecule has 0 fully saturated rings. The van der Waals surface area contributed by atoms with Gasteiger partial charge in [0.15, 0.2) is 5.69 Å². The van der Waals surface area contributed by atoms with E-state index in [1.807, 2.05) is 35.9 Å². The van der Waals surface area contributed by atoms with Crippen molar-refractivity contribution in [2.45, 2.75) is 32.6 Å². The molecule has 1 amide bonds. The highest BCUT2D eigenvalue weighted by Crippen LogP contribution is 2.28. The SMILES string of the molecule is Cc1ccc(-n2nc(C(=O)N(CCO)CCO)c3c2CCCC3)cc1. The van der Waals surface area contributed by atoms with E-state index >= 15 is 0 Å². The topological polar surface area (TPSA) is 78.6 Å². The molecule has 1 heterocycles. The lowest BCUT2D eigenvalue weighted by Crippen LogP contribution is -2.36. The number of amides is 1. The first kappa shape index (κ1) is 17.6. The van der Waals surface area contributed by atoms with Crippen LogP contribution in [0.3, 0.4) is 0 Å². The van der Waals surface area contributed by atoms with E-state index in [0.29, 0.717) is 5.69 Å². The number of carbonyl (C=O) groups is 1. The van der Waals surface area contributed by atoms with Crippen molar-refractivity contribution in [1.82, 2.24) is 14.7 Å². The molecule has 0 saturated heterocycles. The van der Waals surface area contributed by atoms with Gasteiger partial charge in [-0.1, -0.05) is 17.7 Å². The lowest BCUT2D eigenvalue weighted by molar-refractivity contribution is 0.0677. The first-order valence-corrected chi connectivity index (χ1v) is 8.84. The van der Waals surface area contributed by atoms with E-state index < -0.39 is 0 Å². The normalized spacial score (nSPS) is 13.6. The molecule has 0 atom stereocenters. The third-order valence-corrected chi connectivity index (χ3v) is 4.69. The van der Waals surface area contributed by atoms with Crippen molar-refractivity contribution in [1.29, 1.82) is 0 Å². The fourth-order valence-corrected chi connectivity index (χ4v) is 3.38. The van der Waals surface area contributed by atoms with E-state index in [2.05, 4.69) is 5.10 Å². The highest BCUT2D eigenvalue weighted by Gasteiger charge is 2.28. The third kappa shape index (κ3) is 3.60. The monoisotopic (exact) mass is 343 g/mol. The van der Waals surface area contributed by atoms with Crippen molar-refractivity contribution in [2.24, 2.45) is 0 Å². The Labute approximate surface area is 147 Å². The summed E-state index contributed by atoms with van der Waals surface area (Å²) in [5, 5.41) is 23.1. The number of carbonyl (C=O) groups excluding carboxylic acids is 1. The molecule has 134 valence electrons. The van der Waals surface area contributed by atoms with Gasteiger partial charge in [-0.05, 0) is 44.7 Å². The smallest absolute Gasteiger partial charge is 0.274 e. The zero-order chi connectivity index (χ0) is 17.8. The lowest BCUT2D eigenvalue weighted by Gasteiger charge is -2.20. The summed E-state index contributed by atoms with van der Waals surface area (Å²) in [7, 11) is 0. The standard InChI is InChI=1S/C19H25N3O3/c1-14-6-8-15(9-7-14)22-17-5-3-2-4-16(17)18(20-22)19(25)21(10-12-23)11-13-24/h6-9,23-24H,2-5,10-13H2,1H3. The summed E-state index contributed by atoms with van der Waals surface area (Å²) in [6.07, 6.45) is 3.89. The first-order valence-electron chi connectivity index (χ1n) is 8.84. The van der Waals surface area contributed by atoms with Crippen LogP contribution in [0.1, 0.15) is 40.2 Å². The van der Waals surface area contributed by atoms with E-state index in [-0.39, 0.29) is 32.2 Å². The number of rotatable bonds is 6. The maximum atomic E-state index is 12.9. The van der Waals surface area contributed by atoms with Crippen LogP contribution >= 0.6 is 0 Å². The minimum atomic E-state index is -0.216. The Morgan fingerprint density at radius 1 is 1.12 bits per heavy atom. The number of aromatic nitrogens is 2. The molecule has 0 aliphatic heterocycles. The van der Waals surface area contributed by atoms with Crippen LogP contribution in [0.4, 0.5) is 0 Å². The summed E-state index contributed by atoms with van der Waals surface area (Å²) in [5.74, 6) is -0.216. The fraction of sp³-hybridized carbons (Fsp3) is 0.474. The number of aryl methyl sites for hydroxylation is 1. The van der Waals surface area contributed by atoms with Crippen molar-refractivity contribution in [3.63, 3.8) is 0 Å². The molecule has 0 bridgehead atoms. The highest BCUT2D eigenvalue weighted by molar-refractivity contribution is 5.94. The molecule has 1 aromatic heterocycles. The minimum Gasteiger partial charge on any atom is -0.395 e. The number of fused-ring (bicyclic) bond motifs is 1. The molecular formula is C19H25N3O3. The second-order valence-electron chi connectivity index (χ2n) is 6.47. The van der Waals surface area contributed by atoms with E-state index in [0.717, 1.165) is 42.6 Å². The molecule has 6 nitrogen and oxygen atoms in total. The highest BCUT2D eigenvalue weighted by atomic mass is 16.3. The van der Waals surface area contributed by atoms with Gasteiger partial charge in [0.2, 0.25) is 0 Å². The summed E-state index contributed by atoms with van der Waals surface area (Å²) in [4.78, 5) is 14.4. The Morgan fingerprint density at radius 3 is 2.40 bits per heavy atom. The Bertz CT molecular complexity index is 731. The van der Waals surface area contributed by atoms with Gasteiger partial charge in [-0.3, -0.25) is 4.79 Å². The van der Waals surface area contributed by atoms with Crippen molar-refractivity contribution >= 4 is 5.91 Å². The van der Waals surface area contributed by atoms with E-state index in [1.54, 1.807) is 0 Å². The number of aliphatic hydroxyl groups is 2. The van der Waals surface area contributed by atoms with Gasteiger partial charge in [0, 0.05) is 24.3 Å². The van der Waals surface area contributed by atoms with Crippen molar-refractivity contribution in [2.75, 3.05) is 26.3 Å². The Balaban J connectivity index is 2.02. The third-order valence-electron chi connectivity index (χ3n) is 4.69. The maximum absolute atomic E-state index is 12.9. The lowest BCUT2D eigenvalue weighted by atomic mass is 9.95. The molecule has 2 N–H and O–H groups in total. The van der Waals surface area contributed by atoms with Crippen molar-refractivity contribution in [3.05, 3.63) is 46.8 Å². The summed E-state index contributed by atoms with van der Waals surface area (Å²) >= 11 is 0. The fourth-order valence-electron chi connectivity index (χ4n) is 3.38. The van der Waals surface area contributed by atoms with Gasteiger partial charge in [0.25, 0.3) is 5.91 Å². The van der Waals surface area contributed by atoms with Crippen molar-refractivity contribution < 1.29 is 15.0 Å². The van der Waals surface area contributed by atoms with E-state index in [9.17, 15) is 15.0 Å². The quantitative estimate of drug-likeness (QED) is 0.833. The van der Waals surface area contributed by atoms with Crippen LogP contribution in [-0.4, -0.2) is 57.1 Å². The Morgan fingerprint density at radius 2 is 1.76 bits per heavy atom. The Hall–Kier alpha value is -2.18. The van der Waals surface area contributed by atoms with Crippen LogP contribution in [0.2, 0.25) is 0 Å². The van der Waals surface area contributed by atoms with Crippen molar-refractivity contribution in [3.8, 4) is 5.69 Å². The molecule has 6 heteroatoms. The summed E-state index contributed by atoms with van der Waals surface area (Å²) < 4.78 is 1.89. The van der Waals surface area contributed by atoms with Gasteiger partial charge in [-0.25, -0.2) is 4.68 Å². The van der Waals surface area contributed by atoms with Gasteiger partial charge in [0.1, 0.15) is 0 Å². The molecule has 0 radical (unpaired) electrons. The number of nitrogens with zero attached hydrogens (tertiary/aromatic N) is 3. The average Bonchev–Trinajstić information content (AvgIpc) is 3.01. The molecule has 1 aromatic carbocycles. The molecular weight excluding hydrogens is 318 g/mol. The van der Waals surface area contributed by atoms with Gasteiger partial charge in [-0.15, -0.1) is 0 Å². The second-order valence-corrected chi connectivity index (χ2v) is 6.47. The predicted octanol–water partition coefficient (Wildman–Crippen LogP) is 1.49. The number of aliphatic hydroxyl groups excluding tert-OH is 2. The number of hydrogen-bond acceptors (Lipinski definition) is 4. The largest absolute Gasteiger partial charge is 0.395 e. The molecule has 0 spiro atoms. The van der Waals surface area contributed by atoms with Crippen LogP contribution < -0.4 is 0 Å². The molecule has 0 unspecified atom stereocenters. The molecule has 3 rings (SSSR count). The molecule has 25 heavy (non-hydrogen) atoms. The molecule has 1 aliphatic carbocycles. The van der Waals surface area contributed by atoms with Crippen LogP contribution in [-0.2, 0) is 12.8 Å². The van der Waals surface area contributed by atoms with E-state index in [1.165, 1.54) is 10.5 Å². The molecule has 2 aromatic rings. The number of hydrogen-bond donors (Lipinski definition) is 2. The minimum absolute atomic E-state index is 0.132. The maximum Gasteiger partial charge on any atom is 0.274 e. The zero-order valence-electron chi connectivity index (χ0n) is 14.6. The second kappa shape index (κ2) is 7.80. The first-order chi connectivity index (χ1) is 12.2. The molecule has 0 saturated carbocycles. The zero-order valence-corrected chi connectivity index (χ0v) is 14.6. The van der Waals surface area contributed by atoms with E-state index in [4.69, 9.17) is 0 Å². The summed E-state index contributed by atoms with van der Waals surface area (Å²) in [5.41, 5.74) is 4.71. The Kier molecular flexibility index (Phi) is 5.50. The van der Waals surface area contributed by atoms with Gasteiger partial charge >= 0.3 is 0 Å². The molecule has 1 aliphatic rings. The number of benzene rings is 1. The predicted molar refractivity (Wildman–Crippen MR) is 95.0 cm³/mol. The summed E-state index contributed by atoms with van der Waals surface area (Å²) in [6.45, 7) is 2.18. The van der Waals surface area contributed by atoms with Crippen LogP contribution in [0.5, 0.6) is 0 Å². The van der Waals surface area contributed by atoms with Gasteiger partial charge in [0.05, 0.1) is 18.9 Å².